The predicted octanol–water partition coefficient (Wildman–Crippen LogP) is 3.51. The lowest BCUT2D eigenvalue weighted by molar-refractivity contribution is -0.0137. The van der Waals surface area contributed by atoms with Crippen molar-refractivity contribution in [3.8, 4) is 0 Å². The van der Waals surface area contributed by atoms with Crippen molar-refractivity contribution in [3.05, 3.63) is 48.3 Å². The van der Waals surface area contributed by atoms with Gasteiger partial charge in [-0.2, -0.15) is 5.10 Å². The molecule has 6 heteroatoms. The second kappa shape index (κ2) is 7.11. The van der Waals surface area contributed by atoms with Gasteiger partial charge in [0.15, 0.2) is 0 Å². The zero-order valence-corrected chi connectivity index (χ0v) is 14.1. The summed E-state index contributed by atoms with van der Waals surface area (Å²) in [5.41, 5.74) is 8.99. The van der Waals surface area contributed by atoms with Crippen molar-refractivity contribution >= 4 is 22.4 Å². The minimum Gasteiger partial charge on any atom is -0.384 e. The number of ether oxygens (including phenoxy) is 1. The number of para-hydroxylation sites is 1. The van der Waals surface area contributed by atoms with Crippen LogP contribution in [0.25, 0.3) is 10.9 Å². The normalized spacial score (nSPS) is 20.6. The van der Waals surface area contributed by atoms with E-state index in [1.54, 1.807) is 6.20 Å². The number of nitrogen functional groups attached to an aromatic ring is 1. The summed E-state index contributed by atoms with van der Waals surface area (Å²) in [5, 5.41) is 11.7. The third-order valence-corrected chi connectivity index (χ3v) is 4.87. The number of nitrogens with two attached hydrogens (primary N) is 1. The van der Waals surface area contributed by atoms with Gasteiger partial charge in [0.05, 0.1) is 17.3 Å². The van der Waals surface area contributed by atoms with Crippen molar-refractivity contribution in [2.24, 2.45) is 5.92 Å². The molecule has 2 unspecified atom stereocenters. The molecule has 0 bridgehead atoms. The van der Waals surface area contributed by atoms with Gasteiger partial charge in [-0.1, -0.05) is 18.2 Å². The maximum atomic E-state index is 5.93. The van der Waals surface area contributed by atoms with Crippen molar-refractivity contribution in [3.63, 3.8) is 0 Å². The highest BCUT2D eigenvalue weighted by molar-refractivity contribution is 5.92. The van der Waals surface area contributed by atoms with E-state index in [1.165, 1.54) is 0 Å². The molecule has 2 atom stereocenters. The van der Waals surface area contributed by atoms with Crippen LogP contribution in [0.1, 0.15) is 31.1 Å². The first kappa shape index (κ1) is 15.9. The first-order valence-corrected chi connectivity index (χ1v) is 8.79. The molecule has 0 amide bonds. The molecule has 0 aliphatic carbocycles. The summed E-state index contributed by atoms with van der Waals surface area (Å²) in [6.07, 6.45) is 5.15. The summed E-state index contributed by atoms with van der Waals surface area (Å²) >= 11 is 0. The summed E-state index contributed by atoms with van der Waals surface area (Å²) < 4.78 is 5.87. The summed E-state index contributed by atoms with van der Waals surface area (Å²) in [6.45, 7) is 1.72. The van der Waals surface area contributed by atoms with Crippen molar-refractivity contribution in [1.29, 1.82) is 0 Å². The molecule has 1 aliphatic rings. The average Bonchev–Trinajstić information content (AvgIpc) is 3.16. The zero-order valence-electron chi connectivity index (χ0n) is 14.1. The lowest BCUT2D eigenvalue weighted by Gasteiger charge is -2.29. The molecule has 0 spiro atoms. The van der Waals surface area contributed by atoms with Crippen molar-refractivity contribution in [2.45, 2.75) is 25.4 Å². The van der Waals surface area contributed by atoms with E-state index in [-0.39, 0.29) is 6.10 Å². The fraction of sp³-hybridized carbons (Fsp3) is 0.368. The molecule has 2 aromatic heterocycles. The smallest absolute Gasteiger partial charge is 0.126 e. The van der Waals surface area contributed by atoms with Crippen LogP contribution in [-0.2, 0) is 4.74 Å². The van der Waals surface area contributed by atoms with Crippen LogP contribution in [-0.4, -0.2) is 28.3 Å². The summed E-state index contributed by atoms with van der Waals surface area (Å²) in [6, 6.07) is 12.0. The Labute approximate surface area is 146 Å². The minimum atomic E-state index is 0.138. The molecule has 25 heavy (non-hydrogen) atoms. The van der Waals surface area contributed by atoms with E-state index in [4.69, 9.17) is 10.5 Å². The fourth-order valence-electron chi connectivity index (χ4n) is 3.54. The van der Waals surface area contributed by atoms with Crippen LogP contribution in [0.2, 0.25) is 0 Å². The number of fused-ring (bicyclic) bond motifs is 1. The molecule has 4 N–H and O–H groups in total. The van der Waals surface area contributed by atoms with Gasteiger partial charge < -0.3 is 15.8 Å². The number of benzene rings is 1. The SMILES string of the molecule is Nc1cc(NCCC2CCOC(c3ccn[nH]3)C2)c2ccccc2n1. The number of nitrogens with zero attached hydrogens (tertiary/aromatic N) is 2. The third kappa shape index (κ3) is 3.58. The van der Waals surface area contributed by atoms with E-state index < -0.39 is 0 Å². The Kier molecular flexibility index (Phi) is 4.52. The Hall–Kier alpha value is -2.60. The number of anilines is 2. The van der Waals surface area contributed by atoms with Crippen molar-refractivity contribution < 1.29 is 4.74 Å². The van der Waals surface area contributed by atoms with Crippen LogP contribution >= 0.6 is 0 Å². The van der Waals surface area contributed by atoms with E-state index in [9.17, 15) is 0 Å². The lowest BCUT2D eigenvalue weighted by atomic mass is 9.91. The van der Waals surface area contributed by atoms with Crippen LogP contribution in [0.3, 0.4) is 0 Å². The molecule has 1 aromatic carbocycles. The quantitative estimate of drug-likeness (QED) is 0.663. The van der Waals surface area contributed by atoms with Gasteiger partial charge in [0, 0.05) is 36.5 Å². The van der Waals surface area contributed by atoms with E-state index >= 15 is 0 Å². The topological polar surface area (TPSA) is 88.9 Å². The first-order valence-electron chi connectivity index (χ1n) is 8.79. The fourth-order valence-corrected chi connectivity index (χ4v) is 3.54. The highest BCUT2D eigenvalue weighted by atomic mass is 16.5. The van der Waals surface area contributed by atoms with E-state index in [2.05, 4.69) is 26.6 Å². The molecular formula is C19H23N5O. The molecule has 3 heterocycles. The Morgan fingerprint density at radius 3 is 3.08 bits per heavy atom. The van der Waals surface area contributed by atoms with Gasteiger partial charge in [-0.3, -0.25) is 5.10 Å². The number of hydrogen-bond donors (Lipinski definition) is 3. The van der Waals surface area contributed by atoms with Crippen molar-refractivity contribution in [2.75, 3.05) is 24.2 Å². The Balaban J connectivity index is 1.38. The van der Waals surface area contributed by atoms with E-state index in [0.29, 0.717) is 11.7 Å². The molecule has 1 aliphatic heterocycles. The number of hydrogen-bond acceptors (Lipinski definition) is 5. The molecule has 3 aromatic rings. The standard InChI is InChI=1S/C19H23N5O/c20-19-12-17(14-3-1-2-4-15(14)23-19)21-8-5-13-7-10-25-18(11-13)16-6-9-22-24-16/h1-4,6,9,12-13,18H,5,7-8,10-11H2,(H,22,24)(H3,20,21,23). The Morgan fingerprint density at radius 1 is 1.28 bits per heavy atom. The molecule has 1 saturated heterocycles. The Bertz CT molecular complexity index is 833. The second-order valence-electron chi connectivity index (χ2n) is 6.59. The van der Waals surface area contributed by atoms with Crippen molar-refractivity contribution in [1.82, 2.24) is 15.2 Å². The van der Waals surface area contributed by atoms with Crippen LogP contribution in [0.5, 0.6) is 0 Å². The van der Waals surface area contributed by atoms with E-state index in [0.717, 1.165) is 54.7 Å². The van der Waals surface area contributed by atoms with Crippen LogP contribution in [0.4, 0.5) is 11.5 Å². The Morgan fingerprint density at radius 2 is 2.20 bits per heavy atom. The highest BCUT2D eigenvalue weighted by Gasteiger charge is 2.24. The summed E-state index contributed by atoms with van der Waals surface area (Å²) in [4.78, 5) is 4.38. The van der Waals surface area contributed by atoms with Gasteiger partial charge in [0.2, 0.25) is 0 Å². The summed E-state index contributed by atoms with van der Waals surface area (Å²) in [7, 11) is 0. The van der Waals surface area contributed by atoms with Crippen LogP contribution < -0.4 is 11.1 Å². The number of nitrogens with one attached hydrogen (secondary N) is 2. The number of pyridine rings is 1. The molecule has 4 rings (SSSR count). The lowest BCUT2D eigenvalue weighted by Crippen LogP contribution is -2.22. The maximum absolute atomic E-state index is 5.93. The molecular weight excluding hydrogens is 314 g/mol. The van der Waals surface area contributed by atoms with E-state index in [1.807, 2.05) is 30.3 Å². The van der Waals surface area contributed by atoms with Crippen LogP contribution in [0, 0.1) is 5.92 Å². The van der Waals surface area contributed by atoms with Gasteiger partial charge in [-0.15, -0.1) is 0 Å². The molecule has 6 nitrogen and oxygen atoms in total. The van der Waals surface area contributed by atoms with Gasteiger partial charge in [-0.05, 0) is 37.3 Å². The number of aromatic amines is 1. The maximum Gasteiger partial charge on any atom is 0.126 e. The molecule has 0 saturated carbocycles. The van der Waals surface area contributed by atoms with Gasteiger partial charge in [0.1, 0.15) is 5.82 Å². The monoisotopic (exact) mass is 337 g/mol. The predicted molar refractivity (Wildman–Crippen MR) is 99.3 cm³/mol. The second-order valence-corrected chi connectivity index (χ2v) is 6.59. The summed E-state index contributed by atoms with van der Waals surface area (Å²) in [5.74, 6) is 1.19. The average molecular weight is 337 g/mol. The minimum absolute atomic E-state index is 0.138. The van der Waals surface area contributed by atoms with Gasteiger partial charge >= 0.3 is 0 Å². The molecule has 130 valence electrons. The number of H-pyrrole nitrogens is 1. The molecule has 1 fully saturated rings. The third-order valence-electron chi connectivity index (χ3n) is 4.87. The molecule has 0 radical (unpaired) electrons. The number of rotatable bonds is 5. The first-order chi connectivity index (χ1) is 12.3. The van der Waals surface area contributed by atoms with Crippen LogP contribution in [0.15, 0.2) is 42.6 Å². The number of aromatic nitrogens is 3. The van der Waals surface area contributed by atoms with Gasteiger partial charge in [-0.25, -0.2) is 4.98 Å². The highest BCUT2D eigenvalue weighted by Crippen LogP contribution is 2.32. The zero-order chi connectivity index (χ0) is 17.1. The largest absolute Gasteiger partial charge is 0.384 e. The van der Waals surface area contributed by atoms with Gasteiger partial charge in [0.25, 0.3) is 0 Å².